The van der Waals surface area contributed by atoms with Gasteiger partial charge in [0, 0.05) is 37.3 Å². The maximum Gasteiger partial charge on any atom is 0.387 e. The molecular weight excluding hydrogens is 517 g/mol. The van der Waals surface area contributed by atoms with Gasteiger partial charge in [-0.3, -0.25) is 0 Å². The molecule has 0 radical (unpaired) electrons. The number of nitrogens with zero attached hydrogens (tertiary/aromatic N) is 2. The number of guanidine groups is 1. The van der Waals surface area contributed by atoms with E-state index >= 15 is 0 Å². The van der Waals surface area contributed by atoms with Gasteiger partial charge in [-0.25, -0.2) is 4.99 Å². The molecule has 1 aliphatic heterocycles. The second-order valence-electron chi connectivity index (χ2n) is 7.45. The fourth-order valence-corrected chi connectivity index (χ4v) is 3.48. The number of halogens is 3. The average molecular weight is 554 g/mol. The van der Waals surface area contributed by atoms with E-state index in [-0.39, 0.29) is 36.3 Å². The van der Waals surface area contributed by atoms with Crippen LogP contribution >= 0.6 is 24.0 Å². The van der Waals surface area contributed by atoms with E-state index in [1.165, 1.54) is 12.5 Å². The summed E-state index contributed by atoms with van der Waals surface area (Å²) in [6.07, 6.45) is 4.14. The van der Waals surface area contributed by atoms with Crippen molar-refractivity contribution in [3.63, 3.8) is 0 Å². The topological polar surface area (TPSA) is 58.1 Å². The summed E-state index contributed by atoms with van der Waals surface area (Å²) in [5.74, 6) is 1.32. The highest BCUT2D eigenvalue weighted by Gasteiger charge is 2.19. The van der Waals surface area contributed by atoms with E-state index in [1.54, 1.807) is 12.1 Å². The van der Waals surface area contributed by atoms with Crippen LogP contribution in [0.5, 0.6) is 11.5 Å². The fourth-order valence-electron chi connectivity index (χ4n) is 3.48. The summed E-state index contributed by atoms with van der Waals surface area (Å²) in [6.45, 7) is 8.10. The Bertz CT molecular complexity index is 656. The van der Waals surface area contributed by atoms with Crippen molar-refractivity contribution in [2.75, 3.05) is 32.8 Å². The van der Waals surface area contributed by atoms with Gasteiger partial charge >= 0.3 is 6.61 Å². The second kappa shape index (κ2) is 15.4. The summed E-state index contributed by atoms with van der Waals surface area (Å²) in [5, 5.41) is 6.74. The quantitative estimate of drug-likeness (QED) is 0.238. The van der Waals surface area contributed by atoms with Crippen LogP contribution in [0.3, 0.4) is 0 Å². The van der Waals surface area contributed by atoms with Gasteiger partial charge in [-0.05, 0) is 51.3 Å². The summed E-state index contributed by atoms with van der Waals surface area (Å²) in [5.41, 5.74) is 0.592. The van der Waals surface area contributed by atoms with Crippen LogP contribution in [-0.4, -0.2) is 56.3 Å². The number of hydrogen-bond acceptors (Lipinski definition) is 4. The van der Waals surface area contributed by atoms with Crippen LogP contribution in [0.1, 0.15) is 52.0 Å². The molecule has 0 saturated carbocycles. The smallest absolute Gasteiger partial charge is 0.387 e. The first-order valence-electron chi connectivity index (χ1n) is 11.0. The molecule has 0 unspecified atom stereocenters. The molecule has 2 N–H and O–H groups in total. The molecular formula is C22H37F2IN4O2. The Morgan fingerprint density at radius 1 is 1.19 bits per heavy atom. The van der Waals surface area contributed by atoms with Gasteiger partial charge in [0.05, 0.1) is 13.2 Å². The van der Waals surface area contributed by atoms with E-state index in [4.69, 9.17) is 9.47 Å². The largest absolute Gasteiger partial charge is 0.493 e. The Labute approximate surface area is 202 Å². The van der Waals surface area contributed by atoms with Crippen LogP contribution in [0.4, 0.5) is 8.78 Å². The van der Waals surface area contributed by atoms with Crippen molar-refractivity contribution >= 4 is 29.9 Å². The van der Waals surface area contributed by atoms with Crippen molar-refractivity contribution in [3.05, 3.63) is 23.8 Å². The zero-order valence-corrected chi connectivity index (χ0v) is 21.2. The highest BCUT2D eigenvalue weighted by atomic mass is 127. The van der Waals surface area contributed by atoms with Gasteiger partial charge in [-0.15, -0.1) is 24.0 Å². The van der Waals surface area contributed by atoms with Gasteiger partial charge in [0.15, 0.2) is 5.96 Å². The predicted molar refractivity (Wildman–Crippen MR) is 132 cm³/mol. The minimum absolute atomic E-state index is 0. The summed E-state index contributed by atoms with van der Waals surface area (Å²) in [6, 6.07) is 5.37. The lowest BCUT2D eigenvalue weighted by Gasteiger charge is -2.32. The van der Waals surface area contributed by atoms with E-state index in [0.717, 1.165) is 45.4 Å². The first kappa shape index (κ1) is 27.7. The molecule has 9 heteroatoms. The Balaban J connectivity index is 0.00000480. The van der Waals surface area contributed by atoms with E-state index in [9.17, 15) is 8.78 Å². The molecule has 0 aliphatic carbocycles. The highest BCUT2D eigenvalue weighted by Crippen LogP contribution is 2.27. The van der Waals surface area contributed by atoms with E-state index in [0.29, 0.717) is 29.9 Å². The molecule has 1 fully saturated rings. The summed E-state index contributed by atoms with van der Waals surface area (Å²) < 4.78 is 36.0. The van der Waals surface area contributed by atoms with Gasteiger partial charge < -0.3 is 25.0 Å². The Morgan fingerprint density at radius 2 is 1.94 bits per heavy atom. The van der Waals surface area contributed by atoms with Crippen LogP contribution in [0, 0.1) is 0 Å². The van der Waals surface area contributed by atoms with Gasteiger partial charge in [0.2, 0.25) is 0 Å². The molecule has 6 nitrogen and oxygen atoms in total. The molecule has 1 heterocycles. The van der Waals surface area contributed by atoms with E-state index in [2.05, 4.69) is 27.4 Å². The van der Waals surface area contributed by atoms with Gasteiger partial charge in [0.1, 0.15) is 11.5 Å². The Kier molecular flexibility index (Phi) is 13.8. The van der Waals surface area contributed by atoms with Crippen molar-refractivity contribution in [2.45, 2.75) is 65.7 Å². The summed E-state index contributed by atoms with van der Waals surface area (Å²) in [4.78, 5) is 7.09. The van der Waals surface area contributed by atoms with Crippen LogP contribution in [0.25, 0.3) is 0 Å². The van der Waals surface area contributed by atoms with Crippen molar-refractivity contribution in [3.8, 4) is 11.5 Å². The van der Waals surface area contributed by atoms with E-state index < -0.39 is 6.61 Å². The first-order valence-corrected chi connectivity index (χ1v) is 11.0. The monoisotopic (exact) mass is 554 g/mol. The minimum atomic E-state index is -2.89. The van der Waals surface area contributed by atoms with Crippen LogP contribution in [-0.2, 0) is 6.54 Å². The third kappa shape index (κ3) is 10.2. The van der Waals surface area contributed by atoms with Crippen molar-refractivity contribution in [1.82, 2.24) is 15.5 Å². The molecule has 2 rings (SSSR count). The number of ether oxygens (including phenoxy) is 2. The van der Waals surface area contributed by atoms with Gasteiger partial charge in [-0.1, -0.05) is 13.8 Å². The molecule has 0 atom stereocenters. The molecule has 1 aromatic rings. The lowest BCUT2D eigenvalue weighted by Crippen LogP contribution is -2.48. The summed E-state index contributed by atoms with van der Waals surface area (Å²) in [7, 11) is 0. The maximum atomic E-state index is 12.9. The number of aliphatic imine (C=N–C) groups is 1. The standard InChI is InChI=1S/C22H36F2N4O2.HI/c1-4-11-28-12-9-18(10-13-28)27-22(25-6-3)26-16-17-7-8-19(29-14-5-2)15-20(17)30-21(23)24;/h7-8,15,18,21H,4-6,9-14,16H2,1-3H3,(H2,25,26,27);1H. The molecule has 1 aromatic carbocycles. The zero-order valence-electron chi connectivity index (χ0n) is 18.8. The predicted octanol–water partition coefficient (Wildman–Crippen LogP) is 4.62. The fraction of sp³-hybridized carbons (Fsp3) is 0.682. The number of hydrogen-bond donors (Lipinski definition) is 2. The minimum Gasteiger partial charge on any atom is -0.493 e. The Morgan fingerprint density at radius 3 is 2.55 bits per heavy atom. The van der Waals surface area contributed by atoms with E-state index in [1.807, 2.05) is 13.8 Å². The molecule has 0 spiro atoms. The zero-order chi connectivity index (χ0) is 21.8. The maximum absolute atomic E-state index is 12.9. The van der Waals surface area contributed by atoms with Gasteiger partial charge in [0.25, 0.3) is 0 Å². The van der Waals surface area contributed by atoms with Crippen molar-refractivity contribution < 1.29 is 18.3 Å². The number of likely N-dealkylation sites (tertiary alicyclic amines) is 1. The number of alkyl halides is 2. The Hall–Kier alpha value is -1.36. The second-order valence-corrected chi connectivity index (χ2v) is 7.45. The number of nitrogens with one attached hydrogen (secondary N) is 2. The molecule has 0 aromatic heterocycles. The average Bonchev–Trinajstić information content (AvgIpc) is 2.72. The normalized spacial score (nSPS) is 15.5. The number of benzene rings is 1. The van der Waals surface area contributed by atoms with Crippen LogP contribution in [0.15, 0.2) is 23.2 Å². The molecule has 0 amide bonds. The third-order valence-corrected chi connectivity index (χ3v) is 4.95. The molecule has 0 bridgehead atoms. The highest BCUT2D eigenvalue weighted by molar-refractivity contribution is 14.0. The lowest BCUT2D eigenvalue weighted by molar-refractivity contribution is -0.0505. The molecule has 1 aliphatic rings. The summed E-state index contributed by atoms with van der Waals surface area (Å²) >= 11 is 0. The lowest BCUT2D eigenvalue weighted by atomic mass is 10.1. The van der Waals surface area contributed by atoms with Crippen molar-refractivity contribution in [2.24, 2.45) is 4.99 Å². The molecule has 1 saturated heterocycles. The number of piperidine rings is 1. The van der Waals surface area contributed by atoms with Crippen LogP contribution < -0.4 is 20.1 Å². The number of rotatable bonds is 11. The molecule has 31 heavy (non-hydrogen) atoms. The third-order valence-electron chi connectivity index (χ3n) is 4.95. The molecule has 178 valence electrons. The van der Waals surface area contributed by atoms with Gasteiger partial charge in [-0.2, -0.15) is 8.78 Å². The van der Waals surface area contributed by atoms with Crippen LogP contribution in [0.2, 0.25) is 0 Å². The van der Waals surface area contributed by atoms with Crippen molar-refractivity contribution in [1.29, 1.82) is 0 Å². The first-order chi connectivity index (χ1) is 14.5. The SMILES string of the molecule is CCCOc1ccc(CN=C(NCC)NC2CCN(CCC)CC2)c(OC(F)F)c1.I.